The van der Waals surface area contributed by atoms with Crippen LogP contribution in [0.15, 0.2) is 24.3 Å². The summed E-state index contributed by atoms with van der Waals surface area (Å²) in [5.41, 5.74) is 0.566. The molecule has 0 N–H and O–H groups in total. The van der Waals surface area contributed by atoms with Crippen LogP contribution in [0.25, 0.3) is 0 Å². The van der Waals surface area contributed by atoms with Crippen LogP contribution in [0.5, 0.6) is 5.75 Å². The third-order valence-electron chi connectivity index (χ3n) is 2.51. The topological polar surface area (TPSA) is 9.23 Å². The molecule has 2 rings (SSSR count). The van der Waals surface area contributed by atoms with E-state index in [1.165, 1.54) is 0 Å². The lowest BCUT2D eigenvalue weighted by atomic mass is 9.93. The van der Waals surface area contributed by atoms with Crippen molar-refractivity contribution in [3.8, 4) is 5.75 Å². The number of ether oxygens (including phenoxy) is 1. The number of para-hydroxylation sites is 1. The second kappa shape index (κ2) is 3.32. The van der Waals surface area contributed by atoms with Crippen molar-refractivity contribution in [3.05, 3.63) is 29.8 Å². The van der Waals surface area contributed by atoms with Crippen molar-refractivity contribution < 1.29 is 4.74 Å². The minimum Gasteiger partial charge on any atom is -0.486 e. The second-order valence-corrected chi connectivity index (χ2v) is 4.99. The smallest absolute Gasteiger partial charge is 0.124 e. The molecule has 1 aliphatic heterocycles. The fourth-order valence-corrected chi connectivity index (χ4v) is 2.31. The lowest BCUT2D eigenvalue weighted by molar-refractivity contribution is 0.0869. The largest absolute Gasteiger partial charge is 0.486 e. The maximum Gasteiger partial charge on any atom is 0.124 e. The lowest BCUT2D eigenvalue weighted by Gasteiger charge is -2.39. The van der Waals surface area contributed by atoms with Crippen molar-refractivity contribution in [1.82, 2.24) is 0 Å². The third-order valence-corrected chi connectivity index (χ3v) is 3.90. The number of alkyl halides is 2. The molecule has 14 heavy (non-hydrogen) atoms. The molecule has 0 aliphatic carbocycles. The van der Waals surface area contributed by atoms with Gasteiger partial charge >= 0.3 is 0 Å². The molecule has 0 fully saturated rings. The van der Waals surface area contributed by atoms with Crippen LogP contribution >= 0.6 is 23.2 Å². The molecule has 1 heterocycles. The monoisotopic (exact) mass is 230 g/mol. The van der Waals surface area contributed by atoms with E-state index in [0.29, 0.717) is 0 Å². The van der Waals surface area contributed by atoms with Gasteiger partial charge in [0.25, 0.3) is 0 Å². The fourth-order valence-electron chi connectivity index (χ4n) is 1.65. The summed E-state index contributed by atoms with van der Waals surface area (Å²) in [5, 5.41) is -0.393. The SMILES string of the molecule is CC1(C)Oc2ccccc2[C@@H](Cl)[C@@H]1Cl. The molecule has 0 spiro atoms. The Morgan fingerprint density at radius 2 is 1.86 bits per heavy atom. The first-order valence-electron chi connectivity index (χ1n) is 4.58. The second-order valence-electron chi connectivity index (χ2n) is 4.05. The van der Waals surface area contributed by atoms with Gasteiger partial charge in [-0.1, -0.05) is 18.2 Å². The van der Waals surface area contributed by atoms with Gasteiger partial charge in [-0.15, -0.1) is 23.2 Å². The number of rotatable bonds is 0. The van der Waals surface area contributed by atoms with Gasteiger partial charge in [0, 0.05) is 5.56 Å². The van der Waals surface area contributed by atoms with Gasteiger partial charge in [-0.25, -0.2) is 0 Å². The molecule has 1 nitrogen and oxygen atoms in total. The molecule has 0 amide bonds. The Balaban J connectivity index is 2.48. The Morgan fingerprint density at radius 3 is 2.57 bits per heavy atom. The van der Waals surface area contributed by atoms with Gasteiger partial charge in [0.1, 0.15) is 11.4 Å². The molecule has 1 aliphatic rings. The van der Waals surface area contributed by atoms with Gasteiger partial charge in [-0.3, -0.25) is 0 Å². The molecule has 0 radical (unpaired) electrons. The van der Waals surface area contributed by atoms with Gasteiger partial charge in [0.2, 0.25) is 0 Å². The van der Waals surface area contributed by atoms with Gasteiger partial charge in [0.15, 0.2) is 0 Å². The quantitative estimate of drug-likeness (QED) is 0.618. The van der Waals surface area contributed by atoms with Crippen molar-refractivity contribution in [2.24, 2.45) is 0 Å². The first kappa shape index (κ1) is 10.1. The molecule has 2 atom stereocenters. The minimum atomic E-state index is -0.414. The summed E-state index contributed by atoms with van der Waals surface area (Å²) in [4.78, 5) is 0. The zero-order valence-electron chi connectivity index (χ0n) is 8.13. The standard InChI is InChI=1S/C11H12Cl2O/c1-11(2)10(13)9(12)7-5-3-4-6-8(7)14-11/h3-6,9-10H,1-2H3/t9-,10+/m1/s1. The molecular weight excluding hydrogens is 219 g/mol. The van der Waals surface area contributed by atoms with Crippen LogP contribution < -0.4 is 4.74 Å². The Kier molecular flexibility index (Phi) is 2.40. The maximum absolute atomic E-state index is 6.27. The molecule has 1 aromatic carbocycles. The van der Waals surface area contributed by atoms with Crippen molar-refractivity contribution in [2.75, 3.05) is 0 Å². The first-order valence-corrected chi connectivity index (χ1v) is 5.46. The van der Waals surface area contributed by atoms with Crippen LogP contribution in [0.2, 0.25) is 0 Å². The zero-order valence-corrected chi connectivity index (χ0v) is 9.64. The van der Waals surface area contributed by atoms with E-state index in [1.807, 2.05) is 38.1 Å². The van der Waals surface area contributed by atoms with Crippen LogP contribution in [0.1, 0.15) is 24.8 Å². The molecule has 0 saturated carbocycles. The van der Waals surface area contributed by atoms with Crippen molar-refractivity contribution in [3.63, 3.8) is 0 Å². The molecule has 0 bridgehead atoms. The minimum absolute atomic E-state index is 0.184. The summed E-state index contributed by atoms with van der Waals surface area (Å²) in [7, 11) is 0. The fraction of sp³-hybridized carbons (Fsp3) is 0.455. The highest BCUT2D eigenvalue weighted by atomic mass is 35.5. The first-order chi connectivity index (χ1) is 6.52. The summed E-state index contributed by atoms with van der Waals surface area (Å²) in [6, 6.07) is 7.76. The summed E-state index contributed by atoms with van der Waals surface area (Å²) in [6.45, 7) is 3.91. The van der Waals surface area contributed by atoms with Gasteiger partial charge in [-0.05, 0) is 19.9 Å². The Morgan fingerprint density at radius 1 is 1.21 bits per heavy atom. The maximum atomic E-state index is 6.27. The van der Waals surface area contributed by atoms with Crippen LogP contribution in [-0.2, 0) is 0 Å². The summed E-state index contributed by atoms with van der Waals surface area (Å²) in [5.74, 6) is 0.842. The number of fused-ring (bicyclic) bond motifs is 1. The van der Waals surface area contributed by atoms with E-state index in [1.54, 1.807) is 0 Å². The number of halogens is 2. The van der Waals surface area contributed by atoms with Crippen molar-refractivity contribution in [1.29, 1.82) is 0 Å². The lowest BCUT2D eigenvalue weighted by Crippen LogP contribution is -2.44. The molecule has 0 aromatic heterocycles. The summed E-state index contributed by atoms with van der Waals surface area (Å²) < 4.78 is 5.79. The average Bonchev–Trinajstić information content (AvgIpc) is 2.14. The van der Waals surface area contributed by atoms with Gasteiger partial charge in [0.05, 0.1) is 10.8 Å². The summed E-state index contributed by atoms with van der Waals surface area (Å²) in [6.07, 6.45) is 0. The normalized spacial score (nSPS) is 29.1. The highest BCUT2D eigenvalue weighted by Gasteiger charge is 2.41. The van der Waals surface area contributed by atoms with E-state index in [2.05, 4.69) is 0 Å². The van der Waals surface area contributed by atoms with E-state index in [4.69, 9.17) is 27.9 Å². The predicted molar refractivity (Wildman–Crippen MR) is 59.4 cm³/mol. The van der Waals surface area contributed by atoms with Gasteiger partial charge in [-0.2, -0.15) is 0 Å². The highest BCUT2D eigenvalue weighted by Crippen LogP contribution is 2.45. The molecule has 0 saturated heterocycles. The van der Waals surface area contributed by atoms with E-state index >= 15 is 0 Å². The summed E-state index contributed by atoms with van der Waals surface area (Å²) >= 11 is 12.5. The average molecular weight is 231 g/mol. The van der Waals surface area contributed by atoms with E-state index < -0.39 is 5.60 Å². The molecule has 76 valence electrons. The Bertz CT molecular complexity index is 349. The number of benzene rings is 1. The van der Waals surface area contributed by atoms with Gasteiger partial charge < -0.3 is 4.74 Å². The molecular formula is C11H12Cl2O. The highest BCUT2D eigenvalue weighted by molar-refractivity contribution is 6.30. The van der Waals surface area contributed by atoms with Crippen LogP contribution in [0.3, 0.4) is 0 Å². The van der Waals surface area contributed by atoms with Crippen LogP contribution in [0, 0.1) is 0 Å². The van der Waals surface area contributed by atoms with E-state index in [-0.39, 0.29) is 10.8 Å². The molecule has 0 unspecified atom stereocenters. The Hall–Kier alpha value is -0.400. The van der Waals surface area contributed by atoms with Crippen LogP contribution in [-0.4, -0.2) is 11.0 Å². The Labute approximate surface area is 94.0 Å². The van der Waals surface area contributed by atoms with Crippen molar-refractivity contribution in [2.45, 2.75) is 30.2 Å². The zero-order chi connectivity index (χ0) is 10.3. The molecule has 3 heteroatoms. The van der Waals surface area contributed by atoms with E-state index in [9.17, 15) is 0 Å². The number of hydrogen-bond donors (Lipinski definition) is 0. The number of hydrogen-bond acceptors (Lipinski definition) is 1. The van der Waals surface area contributed by atoms with E-state index in [0.717, 1.165) is 11.3 Å². The third kappa shape index (κ3) is 1.49. The van der Waals surface area contributed by atoms with Crippen LogP contribution in [0.4, 0.5) is 0 Å². The predicted octanol–water partition coefficient (Wildman–Crippen LogP) is 3.74. The van der Waals surface area contributed by atoms with Crippen molar-refractivity contribution >= 4 is 23.2 Å². The molecule has 1 aromatic rings.